The number of nitrogens with one attached hydrogen (secondary N) is 2. The summed E-state index contributed by atoms with van der Waals surface area (Å²) in [7, 11) is 1.86. The van der Waals surface area contributed by atoms with Crippen LogP contribution in [0.1, 0.15) is 32.6 Å². The Kier molecular flexibility index (Phi) is 3.59. The fraction of sp³-hybridized carbons (Fsp3) is 0.667. The third kappa shape index (κ3) is 2.84. The Balaban J connectivity index is 1.97. The van der Waals surface area contributed by atoms with E-state index in [1.807, 2.05) is 7.05 Å². The number of hydrogen-bond acceptors (Lipinski definition) is 4. The van der Waals surface area contributed by atoms with Gasteiger partial charge in [-0.15, -0.1) is 0 Å². The smallest absolute Gasteiger partial charge is 0.147 e. The summed E-state index contributed by atoms with van der Waals surface area (Å²) in [6, 6.07) is 0.560. The van der Waals surface area contributed by atoms with Crippen molar-refractivity contribution in [3.05, 3.63) is 12.4 Å². The van der Waals surface area contributed by atoms with Crippen LogP contribution >= 0.6 is 0 Å². The molecule has 2 unspecified atom stereocenters. The summed E-state index contributed by atoms with van der Waals surface area (Å²) in [6.07, 6.45) is 8.69. The van der Waals surface area contributed by atoms with Crippen LogP contribution in [0.4, 0.5) is 11.6 Å². The highest BCUT2D eigenvalue weighted by Crippen LogP contribution is 2.25. The summed E-state index contributed by atoms with van der Waals surface area (Å²) in [6.45, 7) is 2.32. The van der Waals surface area contributed by atoms with Crippen LogP contribution in [0.2, 0.25) is 0 Å². The Hall–Kier alpha value is -1.32. The van der Waals surface area contributed by atoms with Gasteiger partial charge in [0.1, 0.15) is 11.6 Å². The molecule has 0 amide bonds. The lowest BCUT2D eigenvalue weighted by Crippen LogP contribution is -2.26. The average molecular weight is 220 g/mol. The molecule has 1 aliphatic carbocycles. The molecule has 0 aromatic carbocycles. The van der Waals surface area contributed by atoms with Crippen LogP contribution in [-0.2, 0) is 0 Å². The van der Waals surface area contributed by atoms with Crippen LogP contribution in [0, 0.1) is 5.92 Å². The largest absolute Gasteiger partial charge is 0.372 e. The van der Waals surface area contributed by atoms with Gasteiger partial charge < -0.3 is 10.6 Å². The van der Waals surface area contributed by atoms with Crippen LogP contribution in [0.25, 0.3) is 0 Å². The first kappa shape index (κ1) is 11.2. The maximum absolute atomic E-state index is 4.43. The van der Waals surface area contributed by atoms with Gasteiger partial charge in [-0.1, -0.05) is 19.8 Å². The molecule has 1 aromatic rings. The molecule has 88 valence electrons. The van der Waals surface area contributed by atoms with Gasteiger partial charge in [0.25, 0.3) is 0 Å². The summed E-state index contributed by atoms with van der Waals surface area (Å²) in [4.78, 5) is 8.58. The van der Waals surface area contributed by atoms with Crippen molar-refractivity contribution < 1.29 is 0 Å². The predicted octanol–water partition coefficient (Wildman–Crippen LogP) is 2.51. The van der Waals surface area contributed by atoms with Crippen molar-refractivity contribution >= 4 is 11.6 Å². The molecule has 2 rings (SSSR count). The van der Waals surface area contributed by atoms with Gasteiger partial charge in [-0.3, -0.25) is 4.98 Å². The van der Waals surface area contributed by atoms with E-state index in [4.69, 9.17) is 0 Å². The van der Waals surface area contributed by atoms with Crippen LogP contribution in [-0.4, -0.2) is 23.1 Å². The first-order valence-electron chi connectivity index (χ1n) is 6.04. The second-order valence-electron chi connectivity index (χ2n) is 4.65. The van der Waals surface area contributed by atoms with E-state index in [0.29, 0.717) is 6.04 Å². The van der Waals surface area contributed by atoms with Crippen LogP contribution < -0.4 is 10.6 Å². The molecule has 4 heteroatoms. The molecule has 4 nitrogen and oxygen atoms in total. The lowest BCUT2D eigenvalue weighted by Gasteiger charge is -2.27. The minimum Gasteiger partial charge on any atom is -0.372 e. The molecular formula is C12H20N4. The van der Waals surface area contributed by atoms with Crippen molar-refractivity contribution in [2.75, 3.05) is 17.7 Å². The number of nitrogens with zero attached hydrogens (tertiary/aromatic N) is 2. The molecule has 2 N–H and O–H groups in total. The zero-order valence-corrected chi connectivity index (χ0v) is 10.0. The standard InChI is InChI=1S/C12H20N4/c1-9-4-3-5-10(6-9)15-12-8-14-7-11(13-2)16-12/h7-10H,3-6H2,1-2H3,(H2,13,15,16). The van der Waals surface area contributed by atoms with Crippen molar-refractivity contribution in [3.8, 4) is 0 Å². The lowest BCUT2D eigenvalue weighted by molar-refractivity contribution is 0.358. The quantitative estimate of drug-likeness (QED) is 0.821. The van der Waals surface area contributed by atoms with Crippen molar-refractivity contribution in [1.82, 2.24) is 9.97 Å². The molecular weight excluding hydrogens is 200 g/mol. The summed E-state index contributed by atoms with van der Waals surface area (Å²) >= 11 is 0. The molecule has 1 heterocycles. The molecule has 0 radical (unpaired) electrons. The van der Waals surface area contributed by atoms with Crippen molar-refractivity contribution in [2.24, 2.45) is 5.92 Å². The SMILES string of the molecule is CNc1cncc(NC2CCCC(C)C2)n1. The zero-order chi connectivity index (χ0) is 11.4. The first-order chi connectivity index (χ1) is 7.78. The first-order valence-corrected chi connectivity index (χ1v) is 6.04. The highest BCUT2D eigenvalue weighted by atomic mass is 15.1. The van der Waals surface area contributed by atoms with Gasteiger partial charge in [-0.2, -0.15) is 0 Å². The van der Waals surface area contributed by atoms with E-state index in [1.54, 1.807) is 12.4 Å². The minimum absolute atomic E-state index is 0.560. The van der Waals surface area contributed by atoms with Crippen molar-refractivity contribution in [1.29, 1.82) is 0 Å². The molecule has 16 heavy (non-hydrogen) atoms. The maximum Gasteiger partial charge on any atom is 0.147 e. The average Bonchev–Trinajstić information content (AvgIpc) is 2.29. The fourth-order valence-electron chi connectivity index (χ4n) is 2.33. The Morgan fingerprint density at radius 1 is 1.25 bits per heavy atom. The molecule has 1 saturated carbocycles. The number of aromatic nitrogens is 2. The predicted molar refractivity (Wildman–Crippen MR) is 66.6 cm³/mol. The van der Waals surface area contributed by atoms with Crippen LogP contribution in [0.15, 0.2) is 12.4 Å². The Labute approximate surface area is 96.9 Å². The van der Waals surface area contributed by atoms with Gasteiger partial charge in [-0.25, -0.2) is 4.98 Å². The second kappa shape index (κ2) is 5.14. The summed E-state index contributed by atoms with van der Waals surface area (Å²) < 4.78 is 0. The highest BCUT2D eigenvalue weighted by Gasteiger charge is 2.18. The van der Waals surface area contributed by atoms with Crippen LogP contribution in [0.3, 0.4) is 0 Å². The van der Waals surface area contributed by atoms with Crippen LogP contribution in [0.5, 0.6) is 0 Å². The molecule has 2 atom stereocenters. The van der Waals surface area contributed by atoms with Crippen molar-refractivity contribution in [3.63, 3.8) is 0 Å². The van der Waals surface area contributed by atoms with Crippen molar-refractivity contribution in [2.45, 2.75) is 38.6 Å². The molecule has 1 aromatic heterocycles. The molecule has 0 bridgehead atoms. The van der Waals surface area contributed by atoms with E-state index < -0.39 is 0 Å². The zero-order valence-electron chi connectivity index (χ0n) is 10.0. The third-order valence-corrected chi connectivity index (χ3v) is 3.18. The van der Waals surface area contributed by atoms with Gasteiger partial charge in [0.15, 0.2) is 0 Å². The number of anilines is 2. The number of hydrogen-bond donors (Lipinski definition) is 2. The molecule has 1 aliphatic rings. The van der Waals surface area contributed by atoms with E-state index >= 15 is 0 Å². The molecule has 0 spiro atoms. The summed E-state index contributed by atoms with van der Waals surface area (Å²) in [5.41, 5.74) is 0. The van der Waals surface area contributed by atoms with Gasteiger partial charge in [0.2, 0.25) is 0 Å². The molecule has 0 aliphatic heterocycles. The minimum atomic E-state index is 0.560. The third-order valence-electron chi connectivity index (χ3n) is 3.18. The Morgan fingerprint density at radius 3 is 2.81 bits per heavy atom. The van der Waals surface area contributed by atoms with Gasteiger partial charge >= 0.3 is 0 Å². The van der Waals surface area contributed by atoms with E-state index in [2.05, 4.69) is 27.5 Å². The highest BCUT2D eigenvalue weighted by molar-refractivity contribution is 5.41. The normalized spacial score (nSPS) is 25.1. The van der Waals surface area contributed by atoms with E-state index in [0.717, 1.165) is 17.6 Å². The second-order valence-corrected chi connectivity index (χ2v) is 4.65. The fourth-order valence-corrected chi connectivity index (χ4v) is 2.33. The summed E-state index contributed by atoms with van der Waals surface area (Å²) in [5.74, 6) is 2.52. The van der Waals surface area contributed by atoms with Gasteiger partial charge in [0.05, 0.1) is 12.4 Å². The lowest BCUT2D eigenvalue weighted by atomic mass is 9.87. The topological polar surface area (TPSA) is 49.8 Å². The monoisotopic (exact) mass is 220 g/mol. The molecule has 0 saturated heterocycles. The van der Waals surface area contributed by atoms with E-state index in [1.165, 1.54) is 25.7 Å². The van der Waals surface area contributed by atoms with E-state index in [9.17, 15) is 0 Å². The van der Waals surface area contributed by atoms with E-state index in [-0.39, 0.29) is 0 Å². The Bertz CT molecular complexity index is 340. The molecule has 1 fully saturated rings. The van der Waals surface area contributed by atoms with Gasteiger partial charge in [-0.05, 0) is 18.8 Å². The number of rotatable bonds is 3. The maximum atomic E-state index is 4.43. The Morgan fingerprint density at radius 2 is 2.06 bits per heavy atom. The summed E-state index contributed by atoms with van der Waals surface area (Å²) in [5, 5.41) is 6.47. The van der Waals surface area contributed by atoms with Gasteiger partial charge in [0, 0.05) is 13.1 Å².